The number of aryl methyl sites for hydroxylation is 5. The molecule has 0 radical (unpaired) electrons. The van der Waals surface area contributed by atoms with Gasteiger partial charge in [-0.1, -0.05) is 17.8 Å². The molecule has 0 bridgehead atoms. The van der Waals surface area contributed by atoms with Crippen LogP contribution < -0.4 is 10.3 Å². The Hall–Kier alpha value is -3.59. The lowest BCUT2D eigenvalue weighted by atomic mass is 9.91. The number of fused-ring (bicyclic) bond motifs is 1. The van der Waals surface area contributed by atoms with E-state index in [1.54, 1.807) is 27.3 Å². The van der Waals surface area contributed by atoms with E-state index in [0.717, 1.165) is 52.4 Å². The highest BCUT2D eigenvalue weighted by atomic mass is 32.2. The summed E-state index contributed by atoms with van der Waals surface area (Å²) in [7, 11) is 3.17. The zero-order valence-corrected chi connectivity index (χ0v) is 22.1. The molecule has 0 aliphatic carbocycles. The maximum absolute atomic E-state index is 12.7. The second-order valence-corrected chi connectivity index (χ2v) is 9.43. The Morgan fingerprint density at radius 3 is 2.50 bits per heavy atom. The topological polar surface area (TPSA) is 100 Å². The molecule has 188 valence electrons. The first-order valence-corrected chi connectivity index (χ1v) is 12.8. The number of hydrogen-bond donors (Lipinski definition) is 0. The normalized spacial score (nSPS) is 11.9. The maximum Gasteiger partial charge on any atom is 0.290 e. The monoisotopic (exact) mass is 507 g/mol. The van der Waals surface area contributed by atoms with Crippen LogP contribution in [0.4, 0.5) is 0 Å². The van der Waals surface area contributed by atoms with Gasteiger partial charge in [0.25, 0.3) is 5.56 Å². The Bertz CT molecular complexity index is 1530. The first-order valence-electron chi connectivity index (χ1n) is 11.6. The number of carbonyl (C=O) groups is 1. The van der Waals surface area contributed by atoms with Crippen LogP contribution in [-0.2, 0) is 13.5 Å². The van der Waals surface area contributed by atoms with Crippen LogP contribution in [-0.4, -0.2) is 33.4 Å². The van der Waals surface area contributed by atoms with Gasteiger partial charge in [0.1, 0.15) is 5.75 Å². The highest BCUT2D eigenvalue weighted by Gasteiger charge is 2.19. The second-order valence-electron chi connectivity index (χ2n) is 8.65. The third kappa shape index (κ3) is 5.02. The summed E-state index contributed by atoms with van der Waals surface area (Å²) in [6.45, 7) is 5.62. The van der Waals surface area contributed by atoms with Crippen LogP contribution in [0.5, 0.6) is 5.75 Å². The van der Waals surface area contributed by atoms with Gasteiger partial charge in [-0.05, 0) is 85.0 Å². The zero-order chi connectivity index (χ0) is 26.0. The number of benzene rings is 2. The van der Waals surface area contributed by atoms with Crippen molar-refractivity contribution in [3.05, 3.63) is 80.3 Å². The minimum Gasteiger partial charge on any atom is -0.496 e. The largest absolute Gasteiger partial charge is 0.496 e. The van der Waals surface area contributed by atoms with Crippen LogP contribution in [0.1, 0.15) is 57.2 Å². The Kier molecular flexibility index (Phi) is 7.49. The summed E-state index contributed by atoms with van der Waals surface area (Å²) in [5, 5.41) is 8.40. The molecule has 0 unspecified atom stereocenters. The molecule has 0 atom stereocenters. The van der Waals surface area contributed by atoms with E-state index in [4.69, 9.17) is 13.7 Å². The highest BCUT2D eigenvalue weighted by Crippen LogP contribution is 2.35. The van der Waals surface area contributed by atoms with Crippen molar-refractivity contribution in [2.45, 2.75) is 40.0 Å². The predicted molar refractivity (Wildman–Crippen MR) is 141 cm³/mol. The van der Waals surface area contributed by atoms with Crippen LogP contribution in [0, 0.1) is 20.8 Å². The van der Waals surface area contributed by atoms with Crippen LogP contribution >= 0.6 is 11.8 Å². The summed E-state index contributed by atoms with van der Waals surface area (Å²) in [4.78, 5) is 25.4. The molecule has 8 nitrogen and oxygen atoms in total. The van der Waals surface area contributed by atoms with E-state index in [9.17, 15) is 9.59 Å². The zero-order valence-electron chi connectivity index (χ0n) is 21.3. The molecule has 2 aromatic carbocycles. The van der Waals surface area contributed by atoms with Gasteiger partial charge in [-0.3, -0.25) is 9.59 Å². The van der Waals surface area contributed by atoms with E-state index in [0.29, 0.717) is 40.5 Å². The Morgan fingerprint density at radius 2 is 1.83 bits per heavy atom. The Labute approximate surface area is 213 Å². The van der Waals surface area contributed by atoms with Gasteiger partial charge >= 0.3 is 0 Å². The van der Waals surface area contributed by atoms with Gasteiger partial charge < -0.3 is 13.7 Å². The molecule has 0 fully saturated rings. The Morgan fingerprint density at radius 1 is 1.11 bits per heavy atom. The van der Waals surface area contributed by atoms with Gasteiger partial charge in [-0.15, -0.1) is 10.2 Å². The number of nitrogens with zero attached hydrogens (tertiary/aromatic N) is 3. The molecule has 0 aliphatic rings. The number of hydrogen-bond acceptors (Lipinski definition) is 8. The fourth-order valence-corrected chi connectivity index (χ4v) is 4.73. The average Bonchev–Trinajstić information content (AvgIpc) is 3.40. The second kappa shape index (κ2) is 10.6. The Balaban J connectivity index is 1.82. The number of thioether (sulfide) groups is 1. The summed E-state index contributed by atoms with van der Waals surface area (Å²) < 4.78 is 17.9. The molecule has 0 amide bonds. The summed E-state index contributed by atoms with van der Waals surface area (Å²) in [5.41, 5.74) is 5.29. The van der Waals surface area contributed by atoms with Crippen molar-refractivity contribution in [3.8, 4) is 5.75 Å². The lowest BCUT2D eigenvalue weighted by Gasteiger charge is -2.16. The predicted octanol–water partition coefficient (Wildman–Crippen LogP) is 5.41. The fourth-order valence-electron chi connectivity index (χ4n) is 4.36. The van der Waals surface area contributed by atoms with E-state index in [-0.39, 0.29) is 10.7 Å². The molecule has 0 saturated carbocycles. The molecule has 0 aliphatic heterocycles. The van der Waals surface area contributed by atoms with E-state index in [2.05, 4.69) is 16.3 Å². The number of methoxy groups -OCH3 is 1. The van der Waals surface area contributed by atoms with Gasteiger partial charge in [0.05, 0.1) is 18.1 Å². The van der Waals surface area contributed by atoms with E-state index < -0.39 is 0 Å². The third-order valence-electron chi connectivity index (χ3n) is 6.04. The van der Waals surface area contributed by atoms with Crippen molar-refractivity contribution >= 4 is 33.4 Å². The average molecular weight is 508 g/mol. The lowest BCUT2D eigenvalue weighted by molar-refractivity contribution is 0.108. The molecule has 2 aromatic heterocycles. The molecular formula is C27H29N3O5S. The number of aromatic nitrogens is 3. The van der Waals surface area contributed by atoms with Crippen LogP contribution in [0.2, 0.25) is 0 Å². The molecule has 36 heavy (non-hydrogen) atoms. The molecule has 0 spiro atoms. The smallest absolute Gasteiger partial charge is 0.290 e. The van der Waals surface area contributed by atoms with Crippen LogP contribution in [0.25, 0.3) is 16.5 Å². The number of rotatable bonds is 8. The molecule has 9 heteroatoms. The van der Waals surface area contributed by atoms with Gasteiger partial charge in [-0.2, -0.15) is 4.74 Å². The SMILES string of the molecule is COc1c(C)cc(/C(=C/CCCc2nnc(C)o2)c2cc(C)c3on(C)c(=O)c3c2)cc1C(=O)SC. The number of carbonyl (C=O) groups excluding carboxylic acids is 1. The van der Waals surface area contributed by atoms with Crippen molar-refractivity contribution in [1.82, 2.24) is 14.9 Å². The first kappa shape index (κ1) is 25.5. The van der Waals surface area contributed by atoms with Crippen molar-refractivity contribution in [2.24, 2.45) is 7.05 Å². The minimum atomic E-state index is -0.190. The molecule has 0 saturated heterocycles. The number of unbranched alkanes of at least 4 members (excludes halogenated alkanes) is 1. The minimum absolute atomic E-state index is 0.0711. The van der Waals surface area contributed by atoms with Gasteiger partial charge in [-0.25, -0.2) is 0 Å². The fraction of sp³-hybridized carbons (Fsp3) is 0.333. The first-order chi connectivity index (χ1) is 17.2. The van der Waals surface area contributed by atoms with Gasteiger partial charge in [0.15, 0.2) is 5.58 Å². The lowest BCUT2D eigenvalue weighted by Crippen LogP contribution is -2.09. The quantitative estimate of drug-likeness (QED) is 0.292. The molecule has 2 heterocycles. The van der Waals surface area contributed by atoms with Gasteiger partial charge in [0.2, 0.25) is 16.9 Å². The van der Waals surface area contributed by atoms with Crippen molar-refractivity contribution in [2.75, 3.05) is 13.4 Å². The van der Waals surface area contributed by atoms with Crippen molar-refractivity contribution in [3.63, 3.8) is 0 Å². The molecular weight excluding hydrogens is 478 g/mol. The maximum atomic E-state index is 12.7. The summed E-state index contributed by atoms with van der Waals surface area (Å²) in [6.07, 6.45) is 6.07. The number of allylic oxidation sites excluding steroid dienone is 1. The third-order valence-corrected chi connectivity index (χ3v) is 6.63. The van der Waals surface area contributed by atoms with E-state index in [1.807, 2.05) is 38.1 Å². The molecule has 4 rings (SSSR count). The van der Waals surface area contributed by atoms with Crippen molar-refractivity contribution in [1.29, 1.82) is 0 Å². The highest BCUT2D eigenvalue weighted by molar-refractivity contribution is 8.13. The summed E-state index contributed by atoms with van der Waals surface area (Å²) in [6, 6.07) is 7.74. The summed E-state index contributed by atoms with van der Waals surface area (Å²) >= 11 is 1.14. The van der Waals surface area contributed by atoms with Crippen molar-refractivity contribution < 1.29 is 18.5 Å². The van der Waals surface area contributed by atoms with Crippen LogP contribution in [0.15, 0.2) is 44.1 Å². The van der Waals surface area contributed by atoms with E-state index >= 15 is 0 Å². The van der Waals surface area contributed by atoms with Crippen LogP contribution in [0.3, 0.4) is 0 Å². The number of ether oxygens (including phenoxy) is 1. The molecule has 4 aromatic rings. The summed E-state index contributed by atoms with van der Waals surface area (Å²) in [5.74, 6) is 1.72. The standard InChI is InChI=1S/C27H29N3O5S/c1-15-11-19(14-22(24(15)33-5)27(32)36-6)20(9-7-8-10-23-29-28-17(3)34-23)18-12-16(2)25-21(13-18)26(31)30(4)35-25/h9,11-14H,7-8,10H2,1-6H3/b20-9+. The molecule has 0 N–H and O–H groups in total. The van der Waals surface area contributed by atoms with E-state index in [1.165, 1.54) is 4.74 Å². The van der Waals surface area contributed by atoms with Gasteiger partial charge in [0, 0.05) is 20.4 Å².